The Bertz CT molecular complexity index is 214. The van der Waals surface area contributed by atoms with Gasteiger partial charge in [0.2, 0.25) is 17.2 Å². The Morgan fingerprint density at radius 2 is 1.92 bits per heavy atom. The fourth-order valence-electron chi connectivity index (χ4n) is 1.32. The van der Waals surface area contributed by atoms with E-state index in [0.717, 1.165) is 0 Å². The zero-order valence-corrected chi connectivity index (χ0v) is 8.42. The molecule has 0 aliphatic carbocycles. The van der Waals surface area contributed by atoms with Gasteiger partial charge in [-0.15, -0.1) is 0 Å². The van der Waals surface area contributed by atoms with Crippen LogP contribution < -0.4 is 0 Å². The molecule has 1 aliphatic rings. The molecule has 0 aromatic carbocycles. The van der Waals surface area contributed by atoms with Gasteiger partial charge in [0, 0.05) is 32.6 Å². The van der Waals surface area contributed by atoms with Gasteiger partial charge < -0.3 is 4.90 Å². The molecule has 1 N–H and O–H groups in total. The van der Waals surface area contributed by atoms with Crippen molar-refractivity contribution in [2.45, 2.75) is 13.3 Å². The van der Waals surface area contributed by atoms with Crippen LogP contribution in [0, 0.1) is 0 Å². The van der Waals surface area contributed by atoms with Crippen molar-refractivity contribution < 1.29 is 13.6 Å². The average Bonchev–Trinajstić information content (AvgIpc) is 2.17. The first-order chi connectivity index (χ1) is 6.15. The fraction of sp³-hybridized carbons (Fsp3) is 0.857. The van der Waals surface area contributed by atoms with Crippen LogP contribution in [0.15, 0.2) is 0 Å². The van der Waals surface area contributed by atoms with E-state index in [1.54, 1.807) is 4.90 Å². The molecule has 0 bridgehead atoms. The molecule has 1 rings (SSSR count). The minimum Gasteiger partial charge on any atom is -0.340 e. The van der Waals surface area contributed by atoms with Crippen molar-refractivity contribution in [1.82, 2.24) is 9.21 Å². The summed E-state index contributed by atoms with van der Waals surface area (Å²) >= 11 is -1.89. The molecule has 1 aliphatic heterocycles. The lowest BCUT2D eigenvalue weighted by molar-refractivity contribution is -0.132. The molecular formula is C7H14N2O3S. The molecule has 0 saturated carbocycles. The van der Waals surface area contributed by atoms with Gasteiger partial charge in [-0.05, 0) is 0 Å². The topological polar surface area (TPSA) is 60.9 Å². The molecule has 1 saturated heterocycles. The van der Waals surface area contributed by atoms with Crippen LogP contribution in [0.1, 0.15) is 13.3 Å². The number of hydrogen-bond acceptors (Lipinski definition) is 2. The van der Waals surface area contributed by atoms with Gasteiger partial charge in [-0.3, -0.25) is 9.35 Å². The van der Waals surface area contributed by atoms with Gasteiger partial charge in [-0.2, -0.15) is 4.31 Å². The Labute approximate surface area is 80.1 Å². The summed E-state index contributed by atoms with van der Waals surface area (Å²) in [5.74, 6) is 0.114. The summed E-state index contributed by atoms with van der Waals surface area (Å²) in [5.41, 5.74) is 0. The molecule has 5 nitrogen and oxygen atoms in total. The van der Waals surface area contributed by atoms with E-state index in [-0.39, 0.29) is 5.91 Å². The molecule has 1 unspecified atom stereocenters. The maximum atomic E-state index is 11.2. The van der Waals surface area contributed by atoms with Gasteiger partial charge in [0.1, 0.15) is 0 Å². The van der Waals surface area contributed by atoms with E-state index < -0.39 is 11.3 Å². The van der Waals surface area contributed by atoms with Crippen LogP contribution in [0.2, 0.25) is 0 Å². The lowest BCUT2D eigenvalue weighted by Crippen LogP contribution is -2.48. The van der Waals surface area contributed by atoms with Crippen molar-refractivity contribution in [3.8, 4) is 0 Å². The highest BCUT2D eigenvalue weighted by Gasteiger charge is 2.22. The number of nitrogens with zero attached hydrogens (tertiary/aromatic N) is 2. The molecule has 0 aromatic heterocycles. The summed E-state index contributed by atoms with van der Waals surface area (Å²) in [4.78, 5) is 12.9. The lowest BCUT2D eigenvalue weighted by Gasteiger charge is -2.32. The van der Waals surface area contributed by atoms with Gasteiger partial charge in [0.25, 0.3) is 0 Å². The highest BCUT2D eigenvalue weighted by atomic mass is 32.2. The molecule has 6 heteroatoms. The number of rotatable bonds is 2. The average molecular weight is 206 g/mol. The molecule has 1 heterocycles. The zero-order chi connectivity index (χ0) is 9.84. The van der Waals surface area contributed by atoms with Crippen molar-refractivity contribution in [3.63, 3.8) is 0 Å². The normalized spacial score (nSPS) is 21.5. The molecule has 13 heavy (non-hydrogen) atoms. The summed E-state index contributed by atoms with van der Waals surface area (Å²) in [6.07, 6.45) is 0.502. The Morgan fingerprint density at radius 1 is 1.38 bits per heavy atom. The first kappa shape index (κ1) is 10.6. The van der Waals surface area contributed by atoms with Gasteiger partial charge >= 0.3 is 0 Å². The zero-order valence-electron chi connectivity index (χ0n) is 7.60. The van der Waals surface area contributed by atoms with Crippen molar-refractivity contribution in [2.75, 3.05) is 26.2 Å². The second kappa shape index (κ2) is 4.69. The van der Waals surface area contributed by atoms with Crippen LogP contribution in [-0.2, 0) is 16.1 Å². The molecule has 1 amide bonds. The van der Waals surface area contributed by atoms with Crippen molar-refractivity contribution >= 4 is 17.2 Å². The number of piperazine rings is 1. The number of carbonyl (C=O) groups is 1. The monoisotopic (exact) mass is 206 g/mol. The molecule has 0 spiro atoms. The van der Waals surface area contributed by atoms with Crippen LogP contribution in [0.4, 0.5) is 0 Å². The minimum absolute atomic E-state index is 0.114. The SMILES string of the molecule is CCC(=O)N1CCN(S(=O)O)CC1. The second-order valence-corrected chi connectivity index (χ2v) is 3.87. The van der Waals surface area contributed by atoms with Crippen LogP contribution in [0.3, 0.4) is 0 Å². The Hall–Kier alpha value is -0.460. The van der Waals surface area contributed by atoms with E-state index in [9.17, 15) is 9.00 Å². The molecule has 0 aromatic rings. The van der Waals surface area contributed by atoms with Crippen LogP contribution in [-0.4, -0.2) is 50.1 Å². The first-order valence-corrected chi connectivity index (χ1v) is 5.35. The van der Waals surface area contributed by atoms with E-state index >= 15 is 0 Å². The number of carbonyl (C=O) groups excluding carboxylic acids is 1. The van der Waals surface area contributed by atoms with Crippen molar-refractivity contribution in [2.24, 2.45) is 0 Å². The van der Waals surface area contributed by atoms with E-state index in [0.29, 0.717) is 32.6 Å². The highest BCUT2D eigenvalue weighted by Crippen LogP contribution is 2.04. The summed E-state index contributed by atoms with van der Waals surface area (Å²) in [6, 6.07) is 0. The fourth-order valence-corrected chi connectivity index (χ4v) is 1.79. The Balaban J connectivity index is 2.39. The molecule has 1 atom stereocenters. The van der Waals surface area contributed by atoms with E-state index in [2.05, 4.69) is 0 Å². The van der Waals surface area contributed by atoms with Crippen molar-refractivity contribution in [3.05, 3.63) is 0 Å². The van der Waals surface area contributed by atoms with Gasteiger partial charge in [0.05, 0.1) is 0 Å². The summed E-state index contributed by atoms with van der Waals surface area (Å²) in [6.45, 7) is 3.89. The van der Waals surface area contributed by atoms with Crippen molar-refractivity contribution in [1.29, 1.82) is 0 Å². The molecule has 76 valence electrons. The molecule has 0 radical (unpaired) electrons. The third kappa shape index (κ3) is 2.75. The quantitative estimate of drug-likeness (QED) is 0.630. The maximum absolute atomic E-state index is 11.2. The van der Waals surface area contributed by atoms with Crippen LogP contribution >= 0.6 is 0 Å². The van der Waals surface area contributed by atoms with Gasteiger partial charge in [-0.25, -0.2) is 4.21 Å². The smallest absolute Gasteiger partial charge is 0.234 e. The lowest BCUT2D eigenvalue weighted by atomic mass is 10.3. The van der Waals surface area contributed by atoms with E-state index in [1.807, 2.05) is 6.92 Å². The first-order valence-electron chi connectivity index (χ1n) is 4.29. The summed E-state index contributed by atoms with van der Waals surface area (Å²) < 4.78 is 20.8. The predicted octanol–water partition coefficient (Wildman–Crippen LogP) is -0.323. The largest absolute Gasteiger partial charge is 0.340 e. The van der Waals surface area contributed by atoms with E-state index in [4.69, 9.17) is 4.55 Å². The molecular weight excluding hydrogens is 192 g/mol. The number of amides is 1. The molecule has 1 fully saturated rings. The summed E-state index contributed by atoms with van der Waals surface area (Å²) in [5, 5.41) is 0. The summed E-state index contributed by atoms with van der Waals surface area (Å²) in [7, 11) is 0. The van der Waals surface area contributed by atoms with Gasteiger partial charge in [0.15, 0.2) is 0 Å². The Morgan fingerprint density at radius 3 is 2.31 bits per heavy atom. The third-order valence-corrected chi connectivity index (χ3v) is 2.92. The maximum Gasteiger partial charge on any atom is 0.234 e. The van der Waals surface area contributed by atoms with E-state index in [1.165, 1.54) is 4.31 Å². The van der Waals surface area contributed by atoms with Gasteiger partial charge in [-0.1, -0.05) is 6.92 Å². The second-order valence-electron chi connectivity index (χ2n) is 2.89. The number of hydrogen-bond donors (Lipinski definition) is 1. The van der Waals surface area contributed by atoms with Crippen LogP contribution in [0.25, 0.3) is 0 Å². The highest BCUT2D eigenvalue weighted by molar-refractivity contribution is 7.76. The third-order valence-electron chi connectivity index (χ3n) is 2.11. The minimum atomic E-state index is -1.89. The predicted molar refractivity (Wildman–Crippen MR) is 49.2 cm³/mol. The standard InChI is InChI=1S/C7H14N2O3S/c1-2-7(10)8-3-5-9(6-4-8)13(11)12/h2-6H2,1H3,(H,11,12). The Kier molecular flexibility index (Phi) is 3.83. The van der Waals surface area contributed by atoms with Crippen LogP contribution in [0.5, 0.6) is 0 Å².